The van der Waals surface area contributed by atoms with Crippen LogP contribution in [0.4, 0.5) is 9.18 Å². The number of nitrogens with one attached hydrogen (secondary N) is 2. The summed E-state index contributed by atoms with van der Waals surface area (Å²) in [4.78, 5) is 35.3. The highest BCUT2D eigenvalue weighted by Gasteiger charge is 2.54. The lowest BCUT2D eigenvalue weighted by molar-refractivity contribution is -0.151. The molecule has 1 aromatic rings. The Balaban J connectivity index is 2.14. The standard InChI is InChI=1S/C13H11FN2O5/c1-20-10(17)9-5-13(11(18)15-12(19)16-13)7-4-6(14)2-3-8(7)21-9/h2-4,9H,5H2,1H3,(H2,15,16,18,19)/t9-,13-/m1/s1. The summed E-state index contributed by atoms with van der Waals surface area (Å²) < 4.78 is 23.5. The molecule has 0 unspecified atom stereocenters. The molecule has 21 heavy (non-hydrogen) atoms. The number of amides is 3. The zero-order chi connectivity index (χ0) is 15.2. The quantitative estimate of drug-likeness (QED) is 0.569. The molecule has 1 aromatic carbocycles. The number of esters is 1. The number of ether oxygens (including phenoxy) is 2. The van der Waals surface area contributed by atoms with Crippen LogP contribution in [0.1, 0.15) is 12.0 Å². The van der Waals surface area contributed by atoms with Gasteiger partial charge in [-0.3, -0.25) is 10.1 Å². The van der Waals surface area contributed by atoms with Crippen LogP contribution in [0.2, 0.25) is 0 Å². The monoisotopic (exact) mass is 294 g/mol. The highest BCUT2D eigenvalue weighted by Crippen LogP contribution is 2.41. The minimum atomic E-state index is -1.54. The molecule has 0 bridgehead atoms. The predicted molar refractivity (Wildman–Crippen MR) is 65.8 cm³/mol. The van der Waals surface area contributed by atoms with Crippen molar-refractivity contribution in [2.45, 2.75) is 18.1 Å². The summed E-state index contributed by atoms with van der Waals surface area (Å²) in [7, 11) is 1.19. The normalized spacial score (nSPS) is 26.7. The van der Waals surface area contributed by atoms with Crippen molar-refractivity contribution in [3.05, 3.63) is 29.6 Å². The van der Waals surface area contributed by atoms with E-state index in [1.165, 1.54) is 13.2 Å². The number of urea groups is 1. The van der Waals surface area contributed by atoms with Gasteiger partial charge in [-0.15, -0.1) is 0 Å². The van der Waals surface area contributed by atoms with E-state index in [-0.39, 0.29) is 17.7 Å². The van der Waals surface area contributed by atoms with E-state index in [1.807, 2.05) is 0 Å². The van der Waals surface area contributed by atoms with E-state index in [0.717, 1.165) is 12.1 Å². The fourth-order valence-corrected chi connectivity index (χ4v) is 2.61. The number of hydrogen-bond acceptors (Lipinski definition) is 5. The van der Waals surface area contributed by atoms with Gasteiger partial charge >= 0.3 is 12.0 Å². The highest BCUT2D eigenvalue weighted by atomic mass is 19.1. The van der Waals surface area contributed by atoms with Gasteiger partial charge in [0.1, 0.15) is 11.6 Å². The molecule has 1 fully saturated rings. The van der Waals surface area contributed by atoms with E-state index in [0.29, 0.717) is 0 Å². The van der Waals surface area contributed by atoms with Crippen LogP contribution in [0.3, 0.4) is 0 Å². The molecular formula is C13H11FN2O5. The van der Waals surface area contributed by atoms with Gasteiger partial charge in [-0.05, 0) is 18.2 Å². The summed E-state index contributed by atoms with van der Waals surface area (Å²) in [6.45, 7) is 0. The van der Waals surface area contributed by atoms with Gasteiger partial charge in [0.2, 0.25) is 0 Å². The molecule has 0 aliphatic carbocycles. The Bertz CT molecular complexity index is 662. The largest absolute Gasteiger partial charge is 0.478 e. The smallest absolute Gasteiger partial charge is 0.347 e. The van der Waals surface area contributed by atoms with E-state index in [4.69, 9.17) is 4.74 Å². The van der Waals surface area contributed by atoms with E-state index in [9.17, 15) is 18.8 Å². The first-order valence-corrected chi connectivity index (χ1v) is 6.14. The van der Waals surface area contributed by atoms with Gasteiger partial charge in [-0.1, -0.05) is 0 Å². The third-order valence-electron chi connectivity index (χ3n) is 3.57. The van der Waals surface area contributed by atoms with Gasteiger partial charge in [0.05, 0.1) is 7.11 Å². The number of rotatable bonds is 1. The molecule has 110 valence electrons. The summed E-state index contributed by atoms with van der Waals surface area (Å²) in [6.07, 6.45) is -1.25. The van der Waals surface area contributed by atoms with Crippen molar-refractivity contribution >= 4 is 17.9 Å². The maximum Gasteiger partial charge on any atom is 0.347 e. The van der Waals surface area contributed by atoms with Crippen LogP contribution in [0.25, 0.3) is 0 Å². The molecule has 2 atom stereocenters. The lowest BCUT2D eigenvalue weighted by Gasteiger charge is -2.36. The molecule has 3 amide bonds. The van der Waals surface area contributed by atoms with Crippen molar-refractivity contribution in [3.63, 3.8) is 0 Å². The van der Waals surface area contributed by atoms with Crippen LogP contribution in [0.5, 0.6) is 5.75 Å². The average Bonchev–Trinajstić information content (AvgIpc) is 2.73. The Kier molecular flexibility index (Phi) is 2.82. The van der Waals surface area contributed by atoms with Crippen molar-refractivity contribution in [1.29, 1.82) is 0 Å². The number of methoxy groups -OCH3 is 1. The topological polar surface area (TPSA) is 93.7 Å². The Morgan fingerprint density at radius 2 is 2.24 bits per heavy atom. The third kappa shape index (κ3) is 1.91. The molecular weight excluding hydrogens is 283 g/mol. The van der Waals surface area contributed by atoms with Gasteiger partial charge in [0.15, 0.2) is 11.6 Å². The van der Waals surface area contributed by atoms with E-state index < -0.39 is 35.4 Å². The van der Waals surface area contributed by atoms with Crippen LogP contribution in [0, 0.1) is 5.82 Å². The Morgan fingerprint density at radius 3 is 2.86 bits per heavy atom. The Hall–Kier alpha value is -2.64. The summed E-state index contributed by atoms with van der Waals surface area (Å²) in [5, 5.41) is 4.55. The zero-order valence-corrected chi connectivity index (χ0v) is 10.9. The van der Waals surface area contributed by atoms with Crippen LogP contribution < -0.4 is 15.4 Å². The van der Waals surface area contributed by atoms with Gasteiger partial charge in [0, 0.05) is 12.0 Å². The summed E-state index contributed by atoms with van der Waals surface area (Å²) >= 11 is 0. The van der Waals surface area contributed by atoms with Crippen molar-refractivity contribution < 1.29 is 28.2 Å². The molecule has 2 aliphatic heterocycles. The average molecular weight is 294 g/mol. The van der Waals surface area contributed by atoms with E-state index in [2.05, 4.69) is 15.4 Å². The molecule has 0 radical (unpaired) electrons. The number of benzene rings is 1. The van der Waals surface area contributed by atoms with Crippen LogP contribution in [-0.2, 0) is 19.9 Å². The van der Waals surface area contributed by atoms with Gasteiger partial charge in [0.25, 0.3) is 5.91 Å². The molecule has 1 spiro atoms. The Labute approximate surface area is 118 Å². The van der Waals surface area contributed by atoms with Crippen molar-refractivity contribution in [3.8, 4) is 5.75 Å². The highest BCUT2D eigenvalue weighted by molar-refractivity contribution is 6.08. The first-order chi connectivity index (χ1) is 9.96. The number of halogens is 1. The van der Waals surface area contributed by atoms with Crippen molar-refractivity contribution in [2.24, 2.45) is 0 Å². The number of imide groups is 1. The van der Waals surface area contributed by atoms with Crippen LogP contribution in [-0.4, -0.2) is 31.1 Å². The molecule has 8 heteroatoms. The van der Waals surface area contributed by atoms with E-state index in [1.54, 1.807) is 0 Å². The molecule has 0 aromatic heterocycles. The van der Waals surface area contributed by atoms with E-state index >= 15 is 0 Å². The number of carbonyl (C=O) groups is 3. The lowest BCUT2D eigenvalue weighted by Crippen LogP contribution is -2.52. The summed E-state index contributed by atoms with van der Waals surface area (Å²) in [5.74, 6) is -1.77. The predicted octanol–water partition coefficient (Wildman–Crippen LogP) is 0.185. The first-order valence-electron chi connectivity index (χ1n) is 6.14. The molecule has 2 heterocycles. The molecule has 0 saturated carbocycles. The second-order valence-electron chi connectivity index (χ2n) is 4.79. The molecule has 2 N–H and O–H groups in total. The van der Waals surface area contributed by atoms with Crippen LogP contribution >= 0.6 is 0 Å². The second-order valence-corrected chi connectivity index (χ2v) is 4.79. The fraction of sp³-hybridized carbons (Fsp3) is 0.308. The molecule has 2 aliphatic rings. The van der Waals surface area contributed by atoms with Gasteiger partial charge < -0.3 is 14.8 Å². The van der Waals surface area contributed by atoms with Gasteiger partial charge in [-0.25, -0.2) is 14.0 Å². The maximum atomic E-state index is 13.5. The Morgan fingerprint density at radius 1 is 1.48 bits per heavy atom. The minimum Gasteiger partial charge on any atom is -0.478 e. The number of carbonyl (C=O) groups excluding carboxylic acids is 3. The second kappa shape index (κ2) is 4.44. The maximum absolute atomic E-state index is 13.5. The molecule has 3 rings (SSSR count). The number of hydrogen-bond donors (Lipinski definition) is 2. The van der Waals surface area contributed by atoms with Crippen LogP contribution in [0.15, 0.2) is 18.2 Å². The lowest BCUT2D eigenvalue weighted by atomic mass is 9.81. The van der Waals surface area contributed by atoms with Crippen molar-refractivity contribution in [1.82, 2.24) is 10.6 Å². The zero-order valence-electron chi connectivity index (χ0n) is 10.9. The van der Waals surface area contributed by atoms with Gasteiger partial charge in [-0.2, -0.15) is 0 Å². The van der Waals surface area contributed by atoms with Crippen molar-refractivity contribution in [2.75, 3.05) is 7.11 Å². The summed E-state index contributed by atoms with van der Waals surface area (Å²) in [6, 6.07) is 2.84. The first kappa shape index (κ1) is 13.3. The molecule has 7 nitrogen and oxygen atoms in total. The third-order valence-corrected chi connectivity index (χ3v) is 3.57. The SMILES string of the molecule is COC(=O)[C@H]1C[C@@]2(NC(=O)NC2=O)c2cc(F)ccc2O1. The summed E-state index contributed by atoms with van der Waals surface area (Å²) in [5.41, 5.74) is -1.36. The number of fused-ring (bicyclic) bond motifs is 2. The molecule has 1 saturated heterocycles. The fourth-order valence-electron chi connectivity index (χ4n) is 2.61. The minimum absolute atomic E-state index is 0.149.